The standard InChI is InChI=1S/C11H23NO/c1-3-4-10-7-11(8-10)9-12-5-6-13-2/h10-12H,3-9H2,1-2H3. The van der Waals surface area contributed by atoms with Crippen LogP contribution in [-0.2, 0) is 4.74 Å². The summed E-state index contributed by atoms with van der Waals surface area (Å²) < 4.78 is 4.97. The van der Waals surface area contributed by atoms with Gasteiger partial charge in [-0.3, -0.25) is 0 Å². The third kappa shape index (κ3) is 4.10. The maximum absolute atomic E-state index is 4.97. The largest absolute Gasteiger partial charge is 0.383 e. The summed E-state index contributed by atoms with van der Waals surface area (Å²) >= 11 is 0. The minimum Gasteiger partial charge on any atom is -0.383 e. The molecule has 1 aliphatic carbocycles. The first kappa shape index (κ1) is 11.0. The van der Waals surface area contributed by atoms with Crippen molar-refractivity contribution in [1.29, 1.82) is 0 Å². The van der Waals surface area contributed by atoms with E-state index in [1.54, 1.807) is 7.11 Å². The molecule has 0 bridgehead atoms. The summed E-state index contributed by atoms with van der Waals surface area (Å²) in [4.78, 5) is 0. The zero-order chi connectivity index (χ0) is 9.52. The number of methoxy groups -OCH3 is 1. The van der Waals surface area contributed by atoms with Gasteiger partial charge in [0.15, 0.2) is 0 Å². The van der Waals surface area contributed by atoms with Gasteiger partial charge in [-0.05, 0) is 31.2 Å². The van der Waals surface area contributed by atoms with Crippen LogP contribution in [0.4, 0.5) is 0 Å². The summed E-state index contributed by atoms with van der Waals surface area (Å²) in [7, 11) is 1.75. The zero-order valence-electron chi connectivity index (χ0n) is 9.01. The van der Waals surface area contributed by atoms with E-state index in [2.05, 4.69) is 12.2 Å². The zero-order valence-corrected chi connectivity index (χ0v) is 9.01. The van der Waals surface area contributed by atoms with Crippen LogP contribution < -0.4 is 5.32 Å². The normalized spacial score (nSPS) is 27.2. The van der Waals surface area contributed by atoms with Crippen molar-refractivity contribution in [2.75, 3.05) is 26.8 Å². The van der Waals surface area contributed by atoms with Crippen LogP contribution in [0.1, 0.15) is 32.6 Å². The Bertz CT molecular complexity index is 121. The summed E-state index contributed by atoms with van der Waals surface area (Å²) in [6.45, 7) is 5.32. The smallest absolute Gasteiger partial charge is 0.0587 e. The molecule has 78 valence electrons. The quantitative estimate of drug-likeness (QED) is 0.613. The minimum absolute atomic E-state index is 0.838. The monoisotopic (exact) mass is 185 g/mol. The van der Waals surface area contributed by atoms with Gasteiger partial charge in [-0.2, -0.15) is 0 Å². The van der Waals surface area contributed by atoms with E-state index in [1.165, 1.54) is 32.2 Å². The molecule has 0 heterocycles. The molecule has 2 heteroatoms. The number of nitrogens with one attached hydrogen (secondary N) is 1. The van der Waals surface area contributed by atoms with Gasteiger partial charge in [-0.25, -0.2) is 0 Å². The maximum atomic E-state index is 4.97. The van der Waals surface area contributed by atoms with Crippen molar-refractivity contribution in [3.63, 3.8) is 0 Å². The van der Waals surface area contributed by atoms with E-state index in [-0.39, 0.29) is 0 Å². The molecule has 1 fully saturated rings. The summed E-state index contributed by atoms with van der Waals surface area (Å²) in [6.07, 6.45) is 5.70. The van der Waals surface area contributed by atoms with Crippen LogP contribution in [0, 0.1) is 11.8 Å². The van der Waals surface area contributed by atoms with E-state index >= 15 is 0 Å². The molecule has 0 spiro atoms. The van der Waals surface area contributed by atoms with Crippen molar-refractivity contribution in [2.24, 2.45) is 11.8 Å². The Balaban J connectivity index is 1.84. The third-order valence-electron chi connectivity index (χ3n) is 2.95. The SMILES string of the molecule is CCCC1CC(CNCCOC)C1. The fraction of sp³-hybridized carbons (Fsp3) is 1.00. The van der Waals surface area contributed by atoms with E-state index in [1.807, 2.05) is 0 Å². The first-order valence-corrected chi connectivity index (χ1v) is 5.56. The average Bonchev–Trinajstić information content (AvgIpc) is 2.07. The number of ether oxygens (including phenoxy) is 1. The molecule has 0 unspecified atom stereocenters. The maximum Gasteiger partial charge on any atom is 0.0587 e. The second-order valence-electron chi connectivity index (χ2n) is 4.19. The van der Waals surface area contributed by atoms with Gasteiger partial charge in [-0.15, -0.1) is 0 Å². The van der Waals surface area contributed by atoms with Gasteiger partial charge in [0.25, 0.3) is 0 Å². The molecule has 1 aliphatic rings. The van der Waals surface area contributed by atoms with Crippen LogP contribution in [0.3, 0.4) is 0 Å². The summed E-state index contributed by atoms with van der Waals surface area (Å²) in [5.74, 6) is 1.99. The predicted octanol–water partition coefficient (Wildman–Crippen LogP) is 2.05. The van der Waals surface area contributed by atoms with Gasteiger partial charge in [-0.1, -0.05) is 19.8 Å². The first-order chi connectivity index (χ1) is 6.36. The van der Waals surface area contributed by atoms with Crippen LogP contribution in [0.5, 0.6) is 0 Å². The van der Waals surface area contributed by atoms with Crippen LogP contribution in [0.2, 0.25) is 0 Å². The highest BCUT2D eigenvalue weighted by atomic mass is 16.5. The Morgan fingerprint density at radius 2 is 2.08 bits per heavy atom. The molecule has 0 radical (unpaired) electrons. The van der Waals surface area contributed by atoms with E-state index in [4.69, 9.17) is 4.74 Å². The van der Waals surface area contributed by atoms with Crippen molar-refractivity contribution < 1.29 is 4.74 Å². The molecule has 0 aromatic heterocycles. The van der Waals surface area contributed by atoms with Crippen LogP contribution in [-0.4, -0.2) is 26.8 Å². The molecule has 0 aromatic rings. The molecule has 0 amide bonds. The molecule has 0 saturated heterocycles. The van der Waals surface area contributed by atoms with Gasteiger partial charge in [0.05, 0.1) is 6.61 Å². The molecule has 1 saturated carbocycles. The number of hydrogen-bond acceptors (Lipinski definition) is 2. The van der Waals surface area contributed by atoms with Crippen molar-refractivity contribution in [3.8, 4) is 0 Å². The Kier molecular flexibility index (Phi) is 5.40. The van der Waals surface area contributed by atoms with E-state index < -0.39 is 0 Å². The summed E-state index contributed by atoms with van der Waals surface area (Å²) in [5, 5.41) is 3.43. The van der Waals surface area contributed by atoms with Crippen molar-refractivity contribution in [2.45, 2.75) is 32.6 Å². The number of rotatable bonds is 7. The highest BCUT2D eigenvalue weighted by Gasteiger charge is 2.27. The summed E-state index contributed by atoms with van der Waals surface area (Å²) in [5.41, 5.74) is 0. The van der Waals surface area contributed by atoms with Gasteiger partial charge in [0.1, 0.15) is 0 Å². The summed E-state index contributed by atoms with van der Waals surface area (Å²) in [6, 6.07) is 0. The molecule has 1 N–H and O–H groups in total. The first-order valence-electron chi connectivity index (χ1n) is 5.56. The second-order valence-corrected chi connectivity index (χ2v) is 4.19. The fourth-order valence-corrected chi connectivity index (χ4v) is 2.16. The van der Waals surface area contributed by atoms with Crippen molar-refractivity contribution in [3.05, 3.63) is 0 Å². The molecular weight excluding hydrogens is 162 g/mol. The Morgan fingerprint density at radius 1 is 1.31 bits per heavy atom. The van der Waals surface area contributed by atoms with Crippen LogP contribution in [0.25, 0.3) is 0 Å². The predicted molar refractivity (Wildman–Crippen MR) is 55.9 cm³/mol. The fourth-order valence-electron chi connectivity index (χ4n) is 2.16. The number of hydrogen-bond donors (Lipinski definition) is 1. The van der Waals surface area contributed by atoms with E-state index in [0.717, 1.165) is 25.0 Å². The van der Waals surface area contributed by atoms with Crippen molar-refractivity contribution >= 4 is 0 Å². The molecule has 2 nitrogen and oxygen atoms in total. The lowest BCUT2D eigenvalue weighted by atomic mass is 9.73. The van der Waals surface area contributed by atoms with E-state index in [9.17, 15) is 0 Å². The Hall–Kier alpha value is -0.0800. The van der Waals surface area contributed by atoms with Crippen LogP contribution in [0.15, 0.2) is 0 Å². The van der Waals surface area contributed by atoms with Crippen LogP contribution >= 0.6 is 0 Å². The second kappa shape index (κ2) is 6.39. The molecule has 0 aliphatic heterocycles. The lowest BCUT2D eigenvalue weighted by Gasteiger charge is -2.35. The highest BCUT2D eigenvalue weighted by Crippen LogP contribution is 2.36. The highest BCUT2D eigenvalue weighted by molar-refractivity contribution is 4.80. The Labute approximate surface area is 82.0 Å². The molecule has 1 rings (SSSR count). The minimum atomic E-state index is 0.838. The van der Waals surface area contributed by atoms with Gasteiger partial charge >= 0.3 is 0 Å². The van der Waals surface area contributed by atoms with E-state index in [0.29, 0.717) is 0 Å². The molecular formula is C11H23NO. The molecule has 0 aromatic carbocycles. The topological polar surface area (TPSA) is 21.3 Å². The van der Waals surface area contributed by atoms with Crippen molar-refractivity contribution in [1.82, 2.24) is 5.32 Å². The lowest BCUT2D eigenvalue weighted by Crippen LogP contribution is -2.34. The lowest BCUT2D eigenvalue weighted by molar-refractivity contribution is 0.164. The Morgan fingerprint density at radius 3 is 2.69 bits per heavy atom. The van der Waals surface area contributed by atoms with Gasteiger partial charge in [0, 0.05) is 13.7 Å². The van der Waals surface area contributed by atoms with Gasteiger partial charge < -0.3 is 10.1 Å². The molecule has 0 atom stereocenters. The third-order valence-corrected chi connectivity index (χ3v) is 2.95. The van der Waals surface area contributed by atoms with Gasteiger partial charge in [0.2, 0.25) is 0 Å². The molecule has 13 heavy (non-hydrogen) atoms. The average molecular weight is 185 g/mol.